The van der Waals surface area contributed by atoms with Gasteiger partial charge in [-0.05, 0) is 6.92 Å². The molecule has 0 spiro atoms. The summed E-state index contributed by atoms with van der Waals surface area (Å²) in [4.78, 5) is 20.4. The molecule has 0 aromatic carbocycles. The normalized spacial score (nSPS) is 13.9. The average Bonchev–Trinajstić information content (AvgIpc) is 2.30. The van der Waals surface area contributed by atoms with E-state index in [1.165, 1.54) is 13.0 Å². The third-order valence-corrected chi connectivity index (χ3v) is 1.02. The Kier molecular flexibility index (Phi) is 4.38. The topological polar surface area (TPSA) is 43.4 Å². The van der Waals surface area contributed by atoms with Crippen molar-refractivity contribution in [2.24, 2.45) is 0 Å². The van der Waals surface area contributed by atoms with E-state index in [1.807, 2.05) is 0 Å². The maximum Gasteiger partial charge on any atom is 0.341 e. The zero-order valence-electron chi connectivity index (χ0n) is 6.87. The number of cyclic esters (lactones) is 2. The first kappa shape index (κ1) is 10.4. The van der Waals surface area contributed by atoms with E-state index in [1.54, 1.807) is 12.2 Å². The van der Waals surface area contributed by atoms with Gasteiger partial charge in [-0.25, -0.2) is 9.59 Å². The molecule has 0 aromatic rings. The molecule has 1 rings (SSSR count). The van der Waals surface area contributed by atoms with Gasteiger partial charge in [-0.3, -0.25) is 0 Å². The van der Waals surface area contributed by atoms with E-state index in [0.29, 0.717) is 5.57 Å². The Labute approximate surface area is 71.0 Å². The second-order valence-electron chi connectivity index (χ2n) is 2.01. The minimum absolute atomic E-state index is 0.370. The lowest BCUT2D eigenvalue weighted by molar-refractivity contribution is -0.150. The minimum Gasteiger partial charge on any atom is -0.386 e. The van der Waals surface area contributed by atoms with Crippen molar-refractivity contribution >= 4 is 11.9 Å². The summed E-state index contributed by atoms with van der Waals surface area (Å²) in [6.07, 6.45) is 4.45. The van der Waals surface area contributed by atoms with E-state index in [9.17, 15) is 9.59 Å². The first-order chi connectivity index (χ1) is 5.61. The monoisotopic (exact) mass is 166 g/mol. The summed E-state index contributed by atoms with van der Waals surface area (Å²) in [6, 6.07) is 0. The number of hydrogen-bond acceptors (Lipinski definition) is 3. The quantitative estimate of drug-likeness (QED) is 0.335. The summed E-state index contributed by atoms with van der Waals surface area (Å²) in [5.41, 5.74) is 0.370. The van der Waals surface area contributed by atoms with Gasteiger partial charge in [0.05, 0.1) is 0 Å². The summed E-state index contributed by atoms with van der Waals surface area (Å²) in [5, 5.41) is 0. The third-order valence-electron chi connectivity index (χ3n) is 1.02. The molecule has 0 N–H and O–H groups in total. The highest BCUT2D eigenvalue weighted by Gasteiger charge is 2.18. The molecule has 3 heteroatoms. The number of ether oxygens (including phenoxy) is 1. The molecular weight excluding hydrogens is 156 g/mol. The Morgan fingerprint density at radius 1 is 1.33 bits per heavy atom. The Bertz CT molecular complexity index is 242. The van der Waals surface area contributed by atoms with Crippen molar-refractivity contribution < 1.29 is 14.3 Å². The lowest BCUT2D eigenvalue weighted by atomic mass is 10.3. The van der Waals surface area contributed by atoms with Gasteiger partial charge in [-0.2, -0.15) is 0 Å². The van der Waals surface area contributed by atoms with Crippen LogP contribution in [0.4, 0.5) is 0 Å². The smallest absolute Gasteiger partial charge is 0.341 e. The molecule has 0 saturated heterocycles. The standard InChI is InChI=1S/C5H4O3.C4H6/c1-3-2-4(6)8-5(3)7;1-3-4-2/h2H,1H3;3-4H,1-2H2. The minimum atomic E-state index is -0.562. The van der Waals surface area contributed by atoms with E-state index in [0.717, 1.165) is 0 Å². The molecule has 0 fully saturated rings. The number of carbonyl (C=O) groups excluding carboxylic acids is 2. The van der Waals surface area contributed by atoms with Gasteiger partial charge in [-0.15, -0.1) is 0 Å². The molecule has 1 aliphatic rings. The van der Waals surface area contributed by atoms with Crippen molar-refractivity contribution in [1.82, 2.24) is 0 Å². The van der Waals surface area contributed by atoms with E-state index in [-0.39, 0.29) is 0 Å². The van der Waals surface area contributed by atoms with E-state index in [2.05, 4.69) is 17.9 Å². The van der Waals surface area contributed by atoms with Crippen LogP contribution in [0.5, 0.6) is 0 Å². The molecule has 0 atom stereocenters. The van der Waals surface area contributed by atoms with E-state index in [4.69, 9.17) is 0 Å². The number of esters is 2. The molecule has 0 aliphatic carbocycles. The van der Waals surface area contributed by atoms with Gasteiger partial charge in [0.1, 0.15) is 0 Å². The van der Waals surface area contributed by atoms with Crippen molar-refractivity contribution in [3.63, 3.8) is 0 Å². The fourth-order valence-electron chi connectivity index (χ4n) is 0.437. The highest BCUT2D eigenvalue weighted by molar-refractivity contribution is 6.08. The molecule has 1 aliphatic heterocycles. The molecule has 0 saturated carbocycles. The van der Waals surface area contributed by atoms with Crippen molar-refractivity contribution in [1.29, 1.82) is 0 Å². The first-order valence-corrected chi connectivity index (χ1v) is 3.29. The van der Waals surface area contributed by atoms with Crippen LogP contribution in [0.15, 0.2) is 37.0 Å². The number of allylic oxidation sites excluding steroid dienone is 2. The second kappa shape index (κ2) is 5.07. The molecule has 1 heterocycles. The summed E-state index contributed by atoms with van der Waals surface area (Å²) < 4.78 is 4.10. The van der Waals surface area contributed by atoms with Crippen LogP contribution in [0.3, 0.4) is 0 Å². The van der Waals surface area contributed by atoms with Crippen LogP contribution in [0.25, 0.3) is 0 Å². The molecule has 0 aromatic heterocycles. The Hall–Kier alpha value is -1.64. The van der Waals surface area contributed by atoms with E-state index < -0.39 is 11.9 Å². The number of rotatable bonds is 1. The maximum atomic E-state index is 10.3. The van der Waals surface area contributed by atoms with Crippen LogP contribution in [-0.2, 0) is 14.3 Å². The zero-order valence-corrected chi connectivity index (χ0v) is 6.87. The maximum absolute atomic E-state index is 10.3. The lowest BCUT2D eigenvalue weighted by Gasteiger charge is -1.83. The second-order valence-corrected chi connectivity index (χ2v) is 2.01. The predicted octanol–water partition coefficient (Wildman–Crippen LogP) is 1.37. The van der Waals surface area contributed by atoms with Gasteiger partial charge in [0.15, 0.2) is 0 Å². The molecule has 0 unspecified atom stereocenters. The van der Waals surface area contributed by atoms with Gasteiger partial charge in [0, 0.05) is 11.6 Å². The fourth-order valence-corrected chi connectivity index (χ4v) is 0.437. The molecule has 0 radical (unpaired) electrons. The Morgan fingerprint density at radius 3 is 1.92 bits per heavy atom. The summed E-state index contributed by atoms with van der Waals surface area (Å²) >= 11 is 0. The van der Waals surface area contributed by atoms with Crippen LogP contribution >= 0.6 is 0 Å². The van der Waals surface area contributed by atoms with Crippen LogP contribution in [0.2, 0.25) is 0 Å². The summed E-state index contributed by atoms with van der Waals surface area (Å²) in [6.45, 7) is 8.26. The SMILES string of the molecule is C=CC=C.CC1=CC(=O)OC1=O. The van der Waals surface area contributed by atoms with Gasteiger partial charge in [0.2, 0.25) is 0 Å². The molecule has 0 amide bonds. The van der Waals surface area contributed by atoms with Crippen LogP contribution in [-0.4, -0.2) is 11.9 Å². The average molecular weight is 166 g/mol. The fraction of sp³-hybridized carbons (Fsp3) is 0.111. The molecule has 12 heavy (non-hydrogen) atoms. The Balaban J connectivity index is 0.000000261. The summed E-state index contributed by atoms with van der Waals surface area (Å²) in [5.74, 6) is -1.09. The third kappa shape index (κ3) is 3.51. The highest BCUT2D eigenvalue weighted by atomic mass is 16.6. The van der Waals surface area contributed by atoms with Gasteiger partial charge in [0.25, 0.3) is 0 Å². The van der Waals surface area contributed by atoms with Gasteiger partial charge < -0.3 is 4.74 Å². The predicted molar refractivity (Wildman–Crippen MR) is 45.3 cm³/mol. The van der Waals surface area contributed by atoms with Gasteiger partial charge >= 0.3 is 11.9 Å². The van der Waals surface area contributed by atoms with Crippen molar-refractivity contribution in [2.45, 2.75) is 6.92 Å². The van der Waals surface area contributed by atoms with Crippen LogP contribution in [0, 0.1) is 0 Å². The van der Waals surface area contributed by atoms with Crippen molar-refractivity contribution in [3.8, 4) is 0 Å². The Morgan fingerprint density at radius 2 is 1.83 bits per heavy atom. The zero-order chi connectivity index (χ0) is 9.56. The first-order valence-electron chi connectivity index (χ1n) is 3.29. The van der Waals surface area contributed by atoms with Crippen LogP contribution in [0.1, 0.15) is 6.92 Å². The molecule has 64 valence electrons. The van der Waals surface area contributed by atoms with Crippen molar-refractivity contribution in [3.05, 3.63) is 37.0 Å². The molecule has 3 nitrogen and oxygen atoms in total. The highest BCUT2D eigenvalue weighted by Crippen LogP contribution is 2.04. The number of hydrogen-bond donors (Lipinski definition) is 0. The summed E-state index contributed by atoms with van der Waals surface area (Å²) in [7, 11) is 0. The number of carbonyl (C=O) groups is 2. The van der Waals surface area contributed by atoms with Crippen LogP contribution < -0.4 is 0 Å². The van der Waals surface area contributed by atoms with Crippen molar-refractivity contribution in [2.75, 3.05) is 0 Å². The molecular formula is C9H10O3. The van der Waals surface area contributed by atoms with E-state index >= 15 is 0 Å². The largest absolute Gasteiger partial charge is 0.386 e. The van der Waals surface area contributed by atoms with Gasteiger partial charge in [-0.1, -0.05) is 25.3 Å². The molecule has 0 bridgehead atoms. The lowest BCUT2D eigenvalue weighted by Crippen LogP contribution is -1.99.